The van der Waals surface area contributed by atoms with E-state index in [2.05, 4.69) is 6.92 Å². The van der Waals surface area contributed by atoms with Crippen molar-refractivity contribution < 1.29 is 13.2 Å². The summed E-state index contributed by atoms with van der Waals surface area (Å²) in [5.74, 6) is 0.300. The molecule has 0 unspecified atom stereocenters. The summed E-state index contributed by atoms with van der Waals surface area (Å²) in [6.45, 7) is 7.06. The normalized spacial score (nSPS) is 11.7. The topological polar surface area (TPSA) is 18.5 Å². The molecule has 0 N–H and O–H groups in total. The molecule has 0 bridgehead atoms. The summed E-state index contributed by atoms with van der Waals surface area (Å²) in [7, 11) is -2.24. The maximum Gasteiger partial charge on any atom is 0.392 e. The van der Waals surface area contributed by atoms with E-state index >= 15 is 0 Å². The third kappa shape index (κ3) is 15.9. The molecular formula is C26H47FO2Si. The summed E-state index contributed by atoms with van der Waals surface area (Å²) in [5.41, 5.74) is 0. The average molecular weight is 439 g/mol. The highest BCUT2D eigenvalue weighted by atomic mass is 28.4. The van der Waals surface area contributed by atoms with Crippen molar-refractivity contribution in [2.75, 3.05) is 6.61 Å². The first-order chi connectivity index (χ1) is 14.5. The lowest BCUT2D eigenvalue weighted by Crippen LogP contribution is -2.38. The van der Waals surface area contributed by atoms with Crippen LogP contribution in [0.2, 0.25) is 13.1 Å². The van der Waals surface area contributed by atoms with E-state index in [0.29, 0.717) is 5.75 Å². The Bertz CT molecular complexity index is 522. The molecule has 0 fully saturated rings. The molecule has 0 saturated carbocycles. The highest BCUT2D eigenvalue weighted by molar-refractivity contribution is 6.65. The Morgan fingerprint density at radius 2 is 1.17 bits per heavy atom. The van der Waals surface area contributed by atoms with Crippen molar-refractivity contribution in [3.05, 3.63) is 30.1 Å². The van der Waals surface area contributed by atoms with Crippen LogP contribution in [0.3, 0.4) is 0 Å². The Morgan fingerprint density at radius 3 is 1.63 bits per heavy atom. The second kappa shape index (κ2) is 17.8. The van der Waals surface area contributed by atoms with Gasteiger partial charge in [-0.1, -0.05) is 109 Å². The van der Waals surface area contributed by atoms with Crippen LogP contribution in [-0.4, -0.2) is 15.2 Å². The predicted molar refractivity (Wildman–Crippen MR) is 130 cm³/mol. The Labute approximate surface area is 187 Å². The zero-order valence-electron chi connectivity index (χ0n) is 20.0. The number of benzene rings is 1. The third-order valence-electron chi connectivity index (χ3n) is 5.61. The van der Waals surface area contributed by atoms with E-state index < -0.39 is 8.56 Å². The summed E-state index contributed by atoms with van der Waals surface area (Å²) in [6.07, 6.45) is 22.0. The highest BCUT2D eigenvalue weighted by Gasteiger charge is 2.26. The van der Waals surface area contributed by atoms with Crippen LogP contribution >= 0.6 is 0 Å². The van der Waals surface area contributed by atoms with Gasteiger partial charge in [0.25, 0.3) is 0 Å². The standard InChI is InChI=1S/C26H47FO2Si/c1-4-5-6-7-8-9-10-11-12-13-14-15-16-17-18-19-23-28-30(2,3)29-26-22-20-21-25(27)24-26/h20-22,24H,4-19,23H2,1-3H3. The number of hydrogen-bond acceptors (Lipinski definition) is 2. The number of rotatable bonds is 20. The van der Waals surface area contributed by atoms with Crippen molar-refractivity contribution in [3.63, 3.8) is 0 Å². The fraction of sp³-hybridized carbons (Fsp3) is 0.769. The summed E-state index contributed by atoms with van der Waals surface area (Å²) in [5, 5.41) is 0. The van der Waals surface area contributed by atoms with Crippen molar-refractivity contribution in [3.8, 4) is 5.75 Å². The monoisotopic (exact) mass is 438 g/mol. The summed E-state index contributed by atoms with van der Waals surface area (Å²) in [4.78, 5) is 0. The minimum atomic E-state index is -2.24. The van der Waals surface area contributed by atoms with E-state index in [-0.39, 0.29) is 5.82 Å². The Kier molecular flexibility index (Phi) is 16.1. The van der Waals surface area contributed by atoms with Crippen LogP contribution in [0.25, 0.3) is 0 Å². The van der Waals surface area contributed by atoms with Gasteiger partial charge < -0.3 is 8.85 Å². The van der Waals surface area contributed by atoms with Gasteiger partial charge in [-0.25, -0.2) is 4.39 Å². The van der Waals surface area contributed by atoms with E-state index in [1.165, 1.54) is 108 Å². The van der Waals surface area contributed by atoms with E-state index in [4.69, 9.17) is 8.85 Å². The van der Waals surface area contributed by atoms with Crippen LogP contribution in [0.4, 0.5) is 4.39 Å². The number of halogens is 1. The molecule has 0 heterocycles. The van der Waals surface area contributed by atoms with Crippen LogP contribution < -0.4 is 4.43 Å². The minimum Gasteiger partial charge on any atom is -0.520 e. The first kappa shape index (κ1) is 27.2. The van der Waals surface area contributed by atoms with Gasteiger partial charge in [0.2, 0.25) is 0 Å². The second-order valence-corrected chi connectivity index (χ2v) is 12.4. The fourth-order valence-corrected chi connectivity index (χ4v) is 5.20. The van der Waals surface area contributed by atoms with Crippen LogP contribution in [-0.2, 0) is 4.43 Å². The van der Waals surface area contributed by atoms with Gasteiger partial charge in [0.05, 0.1) is 0 Å². The molecular weight excluding hydrogens is 391 g/mol. The van der Waals surface area contributed by atoms with Crippen molar-refractivity contribution in [1.82, 2.24) is 0 Å². The summed E-state index contributed by atoms with van der Waals surface area (Å²) >= 11 is 0. The number of hydrogen-bond donors (Lipinski definition) is 0. The molecule has 0 aromatic heterocycles. The summed E-state index contributed by atoms with van der Waals surface area (Å²) in [6, 6.07) is 6.31. The van der Waals surface area contributed by atoms with E-state index in [1.807, 2.05) is 13.1 Å². The summed E-state index contributed by atoms with van der Waals surface area (Å²) < 4.78 is 25.1. The molecule has 0 spiro atoms. The molecule has 174 valence electrons. The van der Waals surface area contributed by atoms with Gasteiger partial charge in [-0.05, 0) is 31.6 Å². The first-order valence-corrected chi connectivity index (χ1v) is 15.4. The number of unbranched alkanes of at least 4 members (excludes halogenated alkanes) is 15. The molecule has 0 radical (unpaired) electrons. The molecule has 1 aromatic rings. The molecule has 0 aliphatic carbocycles. The fourth-order valence-electron chi connectivity index (χ4n) is 3.81. The zero-order valence-corrected chi connectivity index (χ0v) is 21.0. The maximum absolute atomic E-state index is 13.3. The first-order valence-electron chi connectivity index (χ1n) is 12.6. The average Bonchev–Trinajstić information content (AvgIpc) is 2.70. The second-order valence-electron chi connectivity index (χ2n) is 9.11. The van der Waals surface area contributed by atoms with Gasteiger partial charge in [0.1, 0.15) is 11.6 Å². The van der Waals surface area contributed by atoms with Crippen LogP contribution in [0, 0.1) is 5.82 Å². The van der Waals surface area contributed by atoms with Crippen molar-refractivity contribution in [2.24, 2.45) is 0 Å². The van der Waals surface area contributed by atoms with Gasteiger partial charge in [0.15, 0.2) is 0 Å². The predicted octanol–water partition coefficient (Wildman–Crippen LogP) is 9.18. The molecule has 1 rings (SSSR count). The zero-order chi connectivity index (χ0) is 21.9. The quantitative estimate of drug-likeness (QED) is 0.149. The molecule has 0 saturated heterocycles. The largest absolute Gasteiger partial charge is 0.520 e. The SMILES string of the molecule is CCCCCCCCCCCCCCCCCCO[Si](C)(C)Oc1cccc(F)c1. The van der Waals surface area contributed by atoms with Gasteiger partial charge in [0, 0.05) is 12.7 Å². The Hall–Kier alpha value is -0.873. The van der Waals surface area contributed by atoms with E-state index in [1.54, 1.807) is 12.1 Å². The van der Waals surface area contributed by atoms with Crippen LogP contribution in [0.1, 0.15) is 110 Å². The molecule has 0 aliphatic rings. The molecule has 0 atom stereocenters. The van der Waals surface area contributed by atoms with Crippen molar-refractivity contribution in [2.45, 2.75) is 123 Å². The Morgan fingerprint density at radius 1 is 0.700 bits per heavy atom. The van der Waals surface area contributed by atoms with E-state index in [9.17, 15) is 4.39 Å². The van der Waals surface area contributed by atoms with Crippen molar-refractivity contribution >= 4 is 8.56 Å². The lowest BCUT2D eigenvalue weighted by atomic mass is 10.0. The molecule has 0 amide bonds. The maximum atomic E-state index is 13.3. The lowest BCUT2D eigenvalue weighted by molar-refractivity contribution is 0.240. The van der Waals surface area contributed by atoms with Crippen LogP contribution in [0.5, 0.6) is 5.75 Å². The molecule has 30 heavy (non-hydrogen) atoms. The van der Waals surface area contributed by atoms with Crippen molar-refractivity contribution in [1.29, 1.82) is 0 Å². The highest BCUT2D eigenvalue weighted by Crippen LogP contribution is 2.19. The molecule has 0 aliphatic heterocycles. The van der Waals surface area contributed by atoms with Crippen LogP contribution in [0.15, 0.2) is 24.3 Å². The van der Waals surface area contributed by atoms with Gasteiger partial charge in [-0.2, -0.15) is 0 Å². The van der Waals surface area contributed by atoms with E-state index in [0.717, 1.165) is 13.0 Å². The smallest absolute Gasteiger partial charge is 0.392 e. The minimum absolute atomic E-state index is 0.268. The molecule has 2 nitrogen and oxygen atoms in total. The third-order valence-corrected chi connectivity index (χ3v) is 7.23. The lowest BCUT2D eigenvalue weighted by Gasteiger charge is -2.23. The Balaban J connectivity index is 1.85. The van der Waals surface area contributed by atoms with Gasteiger partial charge >= 0.3 is 8.56 Å². The molecule has 4 heteroatoms. The van der Waals surface area contributed by atoms with Gasteiger partial charge in [-0.15, -0.1) is 0 Å². The van der Waals surface area contributed by atoms with Gasteiger partial charge in [-0.3, -0.25) is 0 Å². The molecule has 1 aromatic carbocycles.